The molecule has 0 unspecified atom stereocenters. The van der Waals surface area contributed by atoms with E-state index in [0.717, 1.165) is 16.3 Å². The van der Waals surface area contributed by atoms with Crippen LogP contribution in [0.25, 0.3) is 27.5 Å². The molecule has 0 bridgehead atoms. The SMILES string of the molecule is Cc1cccc2ccnc(N(C(=O)c3ccc(-c4cnn5cccnc45)cc3F)[C@@H]3CCCN(C(=O)OC(C)(C)C)C3)c12. The van der Waals surface area contributed by atoms with E-state index in [1.54, 1.807) is 51.2 Å². The van der Waals surface area contributed by atoms with Crippen LogP contribution < -0.4 is 4.90 Å². The van der Waals surface area contributed by atoms with Gasteiger partial charge in [-0.2, -0.15) is 5.10 Å². The van der Waals surface area contributed by atoms with Gasteiger partial charge in [0, 0.05) is 42.6 Å². The fraction of sp³-hybridized carbons (Fsp3) is 0.303. The minimum absolute atomic E-state index is 0.0880. The van der Waals surface area contributed by atoms with E-state index in [-0.39, 0.29) is 12.1 Å². The van der Waals surface area contributed by atoms with Gasteiger partial charge in [0.1, 0.15) is 17.2 Å². The van der Waals surface area contributed by atoms with Crippen LogP contribution >= 0.6 is 0 Å². The third-order valence-electron chi connectivity index (χ3n) is 7.63. The van der Waals surface area contributed by atoms with Gasteiger partial charge in [0.2, 0.25) is 0 Å². The van der Waals surface area contributed by atoms with Gasteiger partial charge in [0.15, 0.2) is 5.65 Å². The second-order valence-electron chi connectivity index (χ2n) is 11.8. The fourth-order valence-electron chi connectivity index (χ4n) is 5.68. The highest BCUT2D eigenvalue weighted by Gasteiger charge is 2.36. The fourth-order valence-corrected chi connectivity index (χ4v) is 5.68. The van der Waals surface area contributed by atoms with Crippen LogP contribution in [0.3, 0.4) is 0 Å². The lowest BCUT2D eigenvalue weighted by molar-refractivity contribution is 0.0196. The van der Waals surface area contributed by atoms with Crippen molar-refractivity contribution in [1.82, 2.24) is 24.5 Å². The number of halogens is 1. The number of hydrogen-bond donors (Lipinski definition) is 0. The molecule has 5 aromatic rings. The number of anilines is 1. The molecule has 0 radical (unpaired) electrons. The van der Waals surface area contributed by atoms with E-state index >= 15 is 4.39 Å². The van der Waals surface area contributed by atoms with Gasteiger partial charge < -0.3 is 9.64 Å². The van der Waals surface area contributed by atoms with Gasteiger partial charge in [-0.1, -0.05) is 24.3 Å². The summed E-state index contributed by atoms with van der Waals surface area (Å²) in [6, 6.07) is 13.6. The molecule has 10 heteroatoms. The average molecular weight is 581 g/mol. The Morgan fingerprint density at radius 3 is 2.70 bits per heavy atom. The number of carbonyl (C=O) groups is 2. The van der Waals surface area contributed by atoms with Crippen LogP contribution in [-0.4, -0.2) is 61.2 Å². The summed E-state index contributed by atoms with van der Waals surface area (Å²) in [5.74, 6) is -0.757. The third-order valence-corrected chi connectivity index (χ3v) is 7.63. The van der Waals surface area contributed by atoms with Crippen molar-refractivity contribution >= 4 is 34.2 Å². The molecule has 1 aliphatic rings. The second kappa shape index (κ2) is 11.1. The van der Waals surface area contributed by atoms with E-state index < -0.39 is 29.5 Å². The topological polar surface area (TPSA) is 92.9 Å². The molecule has 1 saturated heterocycles. The highest BCUT2D eigenvalue weighted by molar-refractivity contribution is 6.11. The molecule has 0 N–H and O–H groups in total. The summed E-state index contributed by atoms with van der Waals surface area (Å²) >= 11 is 0. The molecule has 2 amide bonds. The Hall–Kier alpha value is -4.86. The molecule has 0 saturated carbocycles. The van der Waals surface area contributed by atoms with E-state index in [1.807, 2.05) is 52.0 Å². The number of piperidine rings is 1. The van der Waals surface area contributed by atoms with Gasteiger partial charge in [0.05, 0.1) is 17.8 Å². The standard InChI is InChI=1S/C33H33FN6O3/c1-21-8-5-9-22-13-15-36-30(28(21)22)40(24-10-6-16-38(20-24)32(42)43-33(2,3)4)31(41)25-12-11-23(18-27(25)34)26-19-37-39-17-7-14-35-29(26)39/h5,7-9,11-15,17-19,24H,6,10,16,20H2,1-4H3/t24-/m1/s1. The molecule has 2 aromatic carbocycles. The lowest BCUT2D eigenvalue weighted by Gasteiger charge is -2.39. The van der Waals surface area contributed by atoms with Crippen molar-refractivity contribution in [2.45, 2.75) is 52.2 Å². The first-order chi connectivity index (χ1) is 20.6. The number of aryl methyl sites for hydroxylation is 1. The number of ether oxygens (including phenoxy) is 1. The number of likely N-dealkylation sites (tertiary alicyclic amines) is 1. The maximum absolute atomic E-state index is 15.9. The summed E-state index contributed by atoms with van der Waals surface area (Å²) in [6.07, 6.45) is 7.52. The summed E-state index contributed by atoms with van der Waals surface area (Å²) < 4.78 is 23.2. The molecule has 43 heavy (non-hydrogen) atoms. The first-order valence-electron chi connectivity index (χ1n) is 14.3. The largest absolute Gasteiger partial charge is 0.444 e. The van der Waals surface area contributed by atoms with Crippen LogP contribution in [0.2, 0.25) is 0 Å². The Labute approximate surface area is 248 Å². The monoisotopic (exact) mass is 580 g/mol. The second-order valence-corrected chi connectivity index (χ2v) is 11.8. The molecule has 1 aliphatic heterocycles. The smallest absolute Gasteiger partial charge is 0.410 e. The van der Waals surface area contributed by atoms with E-state index in [1.165, 1.54) is 12.1 Å². The van der Waals surface area contributed by atoms with Crippen molar-refractivity contribution in [2.75, 3.05) is 18.0 Å². The average Bonchev–Trinajstić information content (AvgIpc) is 3.41. The third kappa shape index (κ3) is 5.52. The summed E-state index contributed by atoms with van der Waals surface area (Å²) in [7, 11) is 0. The number of rotatable bonds is 4. The zero-order chi connectivity index (χ0) is 30.3. The molecule has 0 spiro atoms. The maximum atomic E-state index is 15.9. The van der Waals surface area contributed by atoms with Crippen LogP contribution in [0.4, 0.5) is 15.0 Å². The van der Waals surface area contributed by atoms with Crippen molar-refractivity contribution in [3.8, 4) is 11.1 Å². The number of benzene rings is 2. The first kappa shape index (κ1) is 28.3. The molecule has 9 nitrogen and oxygen atoms in total. The van der Waals surface area contributed by atoms with Gasteiger partial charge in [0.25, 0.3) is 5.91 Å². The number of hydrogen-bond acceptors (Lipinski definition) is 6. The summed E-state index contributed by atoms with van der Waals surface area (Å²) in [5.41, 5.74) is 1.99. The van der Waals surface area contributed by atoms with Gasteiger partial charge >= 0.3 is 6.09 Å². The zero-order valence-electron chi connectivity index (χ0n) is 24.6. The van der Waals surface area contributed by atoms with Crippen molar-refractivity contribution in [3.63, 3.8) is 0 Å². The number of carbonyl (C=O) groups excluding carboxylic acids is 2. The Morgan fingerprint density at radius 1 is 1.07 bits per heavy atom. The van der Waals surface area contributed by atoms with Crippen molar-refractivity contribution in [2.24, 2.45) is 0 Å². The Kier molecular flexibility index (Phi) is 7.29. The molecule has 3 aromatic heterocycles. The van der Waals surface area contributed by atoms with Crippen molar-refractivity contribution in [1.29, 1.82) is 0 Å². The van der Waals surface area contributed by atoms with E-state index in [0.29, 0.717) is 42.0 Å². The predicted octanol–water partition coefficient (Wildman–Crippen LogP) is 6.44. The molecule has 1 fully saturated rings. The number of nitrogens with zero attached hydrogens (tertiary/aromatic N) is 6. The lowest BCUT2D eigenvalue weighted by Crippen LogP contribution is -2.53. The molecule has 6 rings (SSSR count). The minimum Gasteiger partial charge on any atom is -0.444 e. The van der Waals surface area contributed by atoms with Gasteiger partial charge in [-0.05, 0) is 81.3 Å². The van der Waals surface area contributed by atoms with Crippen LogP contribution in [0.1, 0.15) is 49.5 Å². The highest BCUT2D eigenvalue weighted by Crippen LogP contribution is 2.34. The van der Waals surface area contributed by atoms with E-state index in [2.05, 4.69) is 15.1 Å². The molecule has 0 aliphatic carbocycles. The summed E-state index contributed by atoms with van der Waals surface area (Å²) in [4.78, 5) is 39.7. The van der Waals surface area contributed by atoms with Gasteiger partial charge in [-0.3, -0.25) is 9.69 Å². The van der Waals surface area contributed by atoms with Gasteiger partial charge in [-0.25, -0.2) is 23.7 Å². The van der Waals surface area contributed by atoms with Crippen molar-refractivity contribution < 1.29 is 18.7 Å². The van der Waals surface area contributed by atoms with E-state index in [9.17, 15) is 9.59 Å². The van der Waals surface area contributed by atoms with Gasteiger partial charge in [-0.15, -0.1) is 0 Å². The highest BCUT2D eigenvalue weighted by atomic mass is 19.1. The van der Waals surface area contributed by atoms with E-state index in [4.69, 9.17) is 4.74 Å². The number of aromatic nitrogens is 4. The molecule has 220 valence electrons. The predicted molar refractivity (Wildman–Crippen MR) is 162 cm³/mol. The Morgan fingerprint density at radius 2 is 1.91 bits per heavy atom. The maximum Gasteiger partial charge on any atom is 0.410 e. The number of pyridine rings is 1. The van der Waals surface area contributed by atoms with Crippen molar-refractivity contribution in [3.05, 3.63) is 90.3 Å². The molecule has 1 atom stereocenters. The minimum atomic E-state index is -0.667. The first-order valence-corrected chi connectivity index (χ1v) is 14.3. The zero-order valence-corrected chi connectivity index (χ0v) is 24.6. The van der Waals surface area contributed by atoms with Crippen LogP contribution in [0, 0.1) is 12.7 Å². The Bertz CT molecular complexity index is 1840. The molecular weight excluding hydrogens is 547 g/mol. The molecule has 4 heterocycles. The number of amides is 2. The van der Waals surface area contributed by atoms with Crippen LogP contribution in [-0.2, 0) is 4.74 Å². The van der Waals surface area contributed by atoms with Crippen LogP contribution in [0.15, 0.2) is 73.3 Å². The molecular formula is C33H33FN6O3. The summed E-state index contributed by atoms with van der Waals surface area (Å²) in [5, 5.41) is 6.02. The summed E-state index contributed by atoms with van der Waals surface area (Å²) in [6.45, 7) is 8.16. The quantitative estimate of drug-likeness (QED) is 0.243. The lowest BCUT2D eigenvalue weighted by atomic mass is 9.99. The number of fused-ring (bicyclic) bond motifs is 2. The Balaban J connectivity index is 1.41. The van der Waals surface area contributed by atoms with Crippen LogP contribution in [0.5, 0.6) is 0 Å². The normalized spacial score (nSPS) is 15.6.